The largest absolute Gasteiger partial charge is 0.391 e. The van der Waals surface area contributed by atoms with E-state index in [0.29, 0.717) is 12.5 Å². The van der Waals surface area contributed by atoms with Crippen LogP contribution in [0.15, 0.2) is 30.5 Å². The van der Waals surface area contributed by atoms with Crippen LogP contribution in [0.5, 0.6) is 0 Å². The predicted octanol–water partition coefficient (Wildman–Crippen LogP) is 2.56. The topological polar surface area (TPSA) is 48.7 Å². The summed E-state index contributed by atoms with van der Waals surface area (Å²) in [6.07, 6.45) is 7.70. The van der Waals surface area contributed by atoms with Gasteiger partial charge in [0.15, 0.2) is 0 Å². The summed E-state index contributed by atoms with van der Waals surface area (Å²) in [4.78, 5) is 17.1. The zero-order valence-electron chi connectivity index (χ0n) is 16.3. The van der Waals surface area contributed by atoms with E-state index in [-0.39, 0.29) is 12.0 Å². The molecule has 2 atom stereocenters. The van der Waals surface area contributed by atoms with Crippen LogP contribution in [-0.4, -0.2) is 63.7 Å². The van der Waals surface area contributed by atoms with Crippen molar-refractivity contribution < 1.29 is 9.90 Å². The van der Waals surface area contributed by atoms with Crippen LogP contribution in [0, 0.1) is 0 Å². The lowest BCUT2D eigenvalue weighted by Crippen LogP contribution is -2.55. The number of fused-ring (bicyclic) bond motifs is 1. The Bertz CT molecular complexity index is 792. The van der Waals surface area contributed by atoms with Crippen molar-refractivity contribution in [2.24, 2.45) is 7.05 Å². The van der Waals surface area contributed by atoms with Crippen LogP contribution in [0.4, 0.5) is 0 Å². The first kappa shape index (κ1) is 18.5. The average Bonchev–Trinajstić information content (AvgIpc) is 3.03. The summed E-state index contributed by atoms with van der Waals surface area (Å²) in [5, 5.41) is 11.5. The molecule has 1 N–H and O–H groups in total. The van der Waals surface area contributed by atoms with Crippen LogP contribution in [0.3, 0.4) is 0 Å². The zero-order chi connectivity index (χ0) is 18.8. The summed E-state index contributed by atoms with van der Waals surface area (Å²) in [7, 11) is 2.06. The van der Waals surface area contributed by atoms with Crippen LogP contribution in [0.1, 0.15) is 37.7 Å². The van der Waals surface area contributed by atoms with Gasteiger partial charge in [-0.05, 0) is 30.9 Å². The van der Waals surface area contributed by atoms with Crippen molar-refractivity contribution in [1.29, 1.82) is 0 Å². The summed E-state index contributed by atoms with van der Waals surface area (Å²) in [5.41, 5.74) is 2.48. The Morgan fingerprint density at radius 1 is 1.11 bits per heavy atom. The Hall–Kier alpha value is -1.85. The van der Waals surface area contributed by atoms with Gasteiger partial charge in [0.05, 0.1) is 6.10 Å². The molecule has 0 radical (unpaired) electrons. The molecule has 1 aromatic carbocycles. The number of carbonyl (C=O) groups excluding carboxylic acids is 1. The number of benzene rings is 1. The normalized spacial score (nSPS) is 24.4. The molecule has 5 nitrogen and oxygen atoms in total. The molecule has 1 aromatic heterocycles. The minimum atomic E-state index is -0.188. The number of hydrogen-bond donors (Lipinski definition) is 1. The Morgan fingerprint density at radius 3 is 2.63 bits per heavy atom. The zero-order valence-corrected chi connectivity index (χ0v) is 16.3. The van der Waals surface area contributed by atoms with Crippen molar-refractivity contribution >= 4 is 16.8 Å². The molecule has 1 aliphatic carbocycles. The number of aliphatic hydroxyl groups excluding tert-OH is 1. The first-order valence-electron chi connectivity index (χ1n) is 10.4. The van der Waals surface area contributed by atoms with E-state index in [2.05, 4.69) is 47.0 Å². The lowest BCUT2D eigenvalue weighted by atomic mass is 9.91. The summed E-state index contributed by atoms with van der Waals surface area (Å²) in [5.74, 6) is 0.256. The molecule has 2 aliphatic rings. The van der Waals surface area contributed by atoms with Gasteiger partial charge in [0.2, 0.25) is 5.91 Å². The van der Waals surface area contributed by atoms with E-state index in [4.69, 9.17) is 0 Å². The Labute approximate surface area is 161 Å². The third-order valence-electron chi connectivity index (χ3n) is 6.42. The van der Waals surface area contributed by atoms with E-state index >= 15 is 0 Å². The number of aromatic nitrogens is 1. The molecule has 2 heterocycles. The maximum Gasteiger partial charge on any atom is 0.222 e. The number of aryl methyl sites for hydroxylation is 2. The summed E-state index contributed by atoms with van der Waals surface area (Å²) in [6.45, 7) is 3.36. The fourth-order valence-corrected chi connectivity index (χ4v) is 4.85. The number of piperazine rings is 1. The van der Waals surface area contributed by atoms with Gasteiger partial charge in [-0.15, -0.1) is 0 Å². The van der Waals surface area contributed by atoms with Crippen molar-refractivity contribution in [3.8, 4) is 0 Å². The van der Waals surface area contributed by atoms with Gasteiger partial charge in [0.1, 0.15) is 0 Å². The molecule has 2 fully saturated rings. The molecular formula is C22H31N3O2. The summed E-state index contributed by atoms with van der Waals surface area (Å²) >= 11 is 0. The van der Waals surface area contributed by atoms with Crippen molar-refractivity contribution in [3.63, 3.8) is 0 Å². The molecule has 1 saturated carbocycles. The van der Waals surface area contributed by atoms with Crippen LogP contribution < -0.4 is 0 Å². The molecule has 5 heteroatoms. The standard InChI is InChI=1S/C22H31N3O2/c1-23-16-17(18-6-2-3-7-19(18)23)10-11-22(27)25-14-12-24(13-15-25)20-8-4-5-9-21(20)26/h2-3,6-7,16,20-21,26H,4-5,8-15H2,1H3/t20-,21-/m1/s1. The molecule has 1 saturated heterocycles. The quantitative estimate of drug-likeness (QED) is 0.901. The van der Waals surface area contributed by atoms with Crippen molar-refractivity contribution in [1.82, 2.24) is 14.4 Å². The minimum absolute atomic E-state index is 0.188. The van der Waals surface area contributed by atoms with Gasteiger partial charge in [0.25, 0.3) is 0 Å². The first-order valence-corrected chi connectivity index (χ1v) is 10.4. The van der Waals surface area contributed by atoms with Crippen molar-refractivity contribution in [2.45, 2.75) is 50.7 Å². The molecule has 146 valence electrons. The highest BCUT2D eigenvalue weighted by molar-refractivity contribution is 5.85. The highest BCUT2D eigenvalue weighted by atomic mass is 16.3. The predicted molar refractivity (Wildman–Crippen MR) is 108 cm³/mol. The second kappa shape index (κ2) is 8.03. The lowest BCUT2D eigenvalue weighted by Gasteiger charge is -2.42. The minimum Gasteiger partial charge on any atom is -0.391 e. The monoisotopic (exact) mass is 369 g/mol. The van der Waals surface area contributed by atoms with Gasteiger partial charge in [-0.25, -0.2) is 0 Å². The lowest BCUT2D eigenvalue weighted by molar-refractivity contribution is -0.133. The van der Waals surface area contributed by atoms with Gasteiger partial charge in [-0.1, -0.05) is 31.0 Å². The molecule has 0 unspecified atom stereocenters. The molecule has 27 heavy (non-hydrogen) atoms. The molecule has 1 amide bonds. The number of rotatable bonds is 4. The van der Waals surface area contributed by atoms with E-state index in [1.807, 2.05) is 4.90 Å². The van der Waals surface area contributed by atoms with E-state index < -0.39 is 0 Å². The molecule has 2 aromatic rings. The number of carbonyl (C=O) groups is 1. The van der Waals surface area contributed by atoms with Crippen LogP contribution in [0.25, 0.3) is 10.9 Å². The Kier molecular flexibility index (Phi) is 5.50. The first-order chi connectivity index (χ1) is 13.1. The third kappa shape index (κ3) is 3.90. The molecule has 0 spiro atoms. The number of nitrogens with zero attached hydrogens (tertiary/aromatic N) is 3. The highest BCUT2D eigenvalue weighted by Gasteiger charge is 2.31. The van der Waals surface area contributed by atoms with Crippen LogP contribution >= 0.6 is 0 Å². The Morgan fingerprint density at radius 2 is 1.85 bits per heavy atom. The molecule has 0 bridgehead atoms. The molecular weight excluding hydrogens is 338 g/mol. The fourth-order valence-electron chi connectivity index (χ4n) is 4.85. The van der Waals surface area contributed by atoms with Gasteiger partial charge in [-0.3, -0.25) is 9.69 Å². The Balaban J connectivity index is 1.30. The van der Waals surface area contributed by atoms with E-state index in [0.717, 1.165) is 51.9 Å². The van der Waals surface area contributed by atoms with E-state index in [1.54, 1.807) is 0 Å². The smallest absolute Gasteiger partial charge is 0.222 e. The second-order valence-electron chi connectivity index (χ2n) is 8.12. The average molecular weight is 370 g/mol. The number of hydrogen-bond acceptors (Lipinski definition) is 3. The molecule has 1 aliphatic heterocycles. The maximum absolute atomic E-state index is 12.7. The summed E-state index contributed by atoms with van der Waals surface area (Å²) in [6, 6.07) is 8.68. The van der Waals surface area contributed by atoms with Gasteiger partial charge >= 0.3 is 0 Å². The van der Waals surface area contributed by atoms with Crippen molar-refractivity contribution in [3.05, 3.63) is 36.0 Å². The van der Waals surface area contributed by atoms with Crippen LogP contribution in [-0.2, 0) is 18.3 Å². The van der Waals surface area contributed by atoms with E-state index in [1.165, 1.54) is 22.9 Å². The van der Waals surface area contributed by atoms with E-state index in [9.17, 15) is 9.90 Å². The number of aliphatic hydroxyl groups is 1. The maximum atomic E-state index is 12.7. The summed E-state index contributed by atoms with van der Waals surface area (Å²) < 4.78 is 2.14. The fraction of sp³-hybridized carbons (Fsp3) is 0.591. The number of para-hydroxylation sites is 1. The van der Waals surface area contributed by atoms with Crippen LogP contribution in [0.2, 0.25) is 0 Å². The second-order valence-corrected chi connectivity index (χ2v) is 8.12. The van der Waals surface area contributed by atoms with Gasteiger partial charge < -0.3 is 14.6 Å². The number of amides is 1. The van der Waals surface area contributed by atoms with Gasteiger partial charge in [-0.2, -0.15) is 0 Å². The highest BCUT2D eigenvalue weighted by Crippen LogP contribution is 2.25. The SMILES string of the molecule is Cn1cc(CCC(=O)N2CCN([C@@H]3CCCC[C@H]3O)CC2)c2ccccc21. The van der Waals surface area contributed by atoms with Gasteiger partial charge in [0, 0.05) is 62.8 Å². The molecule has 4 rings (SSSR count). The third-order valence-corrected chi connectivity index (χ3v) is 6.42. The van der Waals surface area contributed by atoms with Crippen molar-refractivity contribution in [2.75, 3.05) is 26.2 Å².